The minimum atomic E-state index is -0.465. The van der Waals surface area contributed by atoms with E-state index in [9.17, 15) is 8.78 Å². The molecule has 0 amide bonds. The van der Waals surface area contributed by atoms with E-state index in [4.69, 9.17) is 0 Å². The number of benzene rings is 1. The molecule has 0 radical (unpaired) electrons. The third-order valence-corrected chi connectivity index (χ3v) is 4.03. The second-order valence-electron chi connectivity index (χ2n) is 4.48. The van der Waals surface area contributed by atoms with Crippen LogP contribution in [0.15, 0.2) is 28.1 Å². The van der Waals surface area contributed by atoms with Crippen LogP contribution in [0.5, 0.6) is 0 Å². The second kappa shape index (κ2) is 6.85. The van der Waals surface area contributed by atoms with Gasteiger partial charge in [0.05, 0.1) is 4.90 Å². The molecule has 2 aromatic rings. The molecule has 0 unspecified atom stereocenters. The van der Waals surface area contributed by atoms with Gasteiger partial charge in [0.15, 0.2) is 0 Å². The molecular weight excluding hydrogens is 292 g/mol. The van der Waals surface area contributed by atoms with Gasteiger partial charge in [0, 0.05) is 18.5 Å². The number of hydrogen-bond donors (Lipinski definition) is 1. The van der Waals surface area contributed by atoms with E-state index in [0.717, 1.165) is 41.8 Å². The third-order valence-electron chi connectivity index (χ3n) is 2.91. The molecule has 1 aromatic heterocycles. The molecule has 1 heterocycles. The average molecular weight is 309 g/mol. The fourth-order valence-electron chi connectivity index (χ4n) is 1.80. The van der Waals surface area contributed by atoms with Crippen LogP contribution in [-0.4, -0.2) is 16.5 Å². The Morgan fingerprint density at radius 3 is 2.62 bits per heavy atom. The molecular formula is C15H17F2N3S. The summed E-state index contributed by atoms with van der Waals surface area (Å²) in [5.41, 5.74) is 0.836. The van der Waals surface area contributed by atoms with Crippen LogP contribution in [0.4, 0.5) is 14.6 Å². The van der Waals surface area contributed by atoms with Gasteiger partial charge in [0.1, 0.15) is 28.3 Å². The summed E-state index contributed by atoms with van der Waals surface area (Å²) in [5, 5.41) is 3.81. The molecule has 0 bridgehead atoms. The van der Waals surface area contributed by atoms with Gasteiger partial charge in [0.25, 0.3) is 0 Å². The molecule has 0 aliphatic heterocycles. The maximum Gasteiger partial charge on any atom is 0.137 e. The first-order valence-electron chi connectivity index (χ1n) is 6.79. The standard InChI is InChI=1S/C15H17F2N3S/c1-4-13-19-14(18-5-2)9(3)15(20-13)21-12-8-10(16)6-7-11(12)17/h6-8H,4-5H2,1-3H3,(H,18,19,20). The predicted molar refractivity (Wildman–Crippen MR) is 80.8 cm³/mol. The predicted octanol–water partition coefficient (Wildman–Crippen LogP) is 4.21. The van der Waals surface area contributed by atoms with Gasteiger partial charge in [-0.2, -0.15) is 0 Å². The van der Waals surface area contributed by atoms with E-state index in [-0.39, 0.29) is 4.90 Å². The SMILES string of the molecule is CCNc1nc(CC)nc(Sc2cc(F)ccc2F)c1C. The second-order valence-corrected chi connectivity index (χ2v) is 5.51. The highest BCUT2D eigenvalue weighted by molar-refractivity contribution is 7.99. The van der Waals surface area contributed by atoms with Crippen molar-refractivity contribution in [3.63, 3.8) is 0 Å². The van der Waals surface area contributed by atoms with Crippen molar-refractivity contribution in [1.82, 2.24) is 9.97 Å². The van der Waals surface area contributed by atoms with E-state index in [2.05, 4.69) is 15.3 Å². The number of halogens is 2. The molecule has 0 saturated heterocycles. The average Bonchev–Trinajstić information content (AvgIpc) is 2.47. The van der Waals surface area contributed by atoms with Crippen molar-refractivity contribution in [3.8, 4) is 0 Å². The van der Waals surface area contributed by atoms with Crippen molar-refractivity contribution >= 4 is 17.6 Å². The minimum Gasteiger partial charge on any atom is -0.370 e. The monoisotopic (exact) mass is 309 g/mol. The van der Waals surface area contributed by atoms with Crippen LogP contribution in [0.1, 0.15) is 25.2 Å². The van der Waals surface area contributed by atoms with Crippen LogP contribution in [-0.2, 0) is 6.42 Å². The van der Waals surface area contributed by atoms with Crippen molar-refractivity contribution in [1.29, 1.82) is 0 Å². The number of nitrogens with zero attached hydrogens (tertiary/aromatic N) is 2. The summed E-state index contributed by atoms with van der Waals surface area (Å²) in [4.78, 5) is 9.07. The van der Waals surface area contributed by atoms with Crippen molar-refractivity contribution in [2.45, 2.75) is 37.1 Å². The summed E-state index contributed by atoms with van der Waals surface area (Å²) in [6.07, 6.45) is 0.678. The lowest BCUT2D eigenvalue weighted by Crippen LogP contribution is -2.07. The van der Waals surface area contributed by atoms with Crippen molar-refractivity contribution < 1.29 is 8.78 Å². The fourth-order valence-corrected chi connectivity index (χ4v) is 2.74. The molecule has 3 nitrogen and oxygen atoms in total. The summed E-state index contributed by atoms with van der Waals surface area (Å²) in [5.74, 6) is 0.496. The Balaban J connectivity index is 2.43. The first-order valence-corrected chi connectivity index (χ1v) is 7.61. The lowest BCUT2D eigenvalue weighted by Gasteiger charge is -2.12. The first-order chi connectivity index (χ1) is 10.0. The molecule has 21 heavy (non-hydrogen) atoms. The Hall–Kier alpha value is -1.69. The molecule has 0 spiro atoms. The van der Waals surface area contributed by atoms with E-state index >= 15 is 0 Å². The van der Waals surface area contributed by atoms with Gasteiger partial charge in [-0.3, -0.25) is 0 Å². The number of nitrogens with one attached hydrogen (secondary N) is 1. The molecule has 1 aromatic carbocycles. The van der Waals surface area contributed by atoms with Gasteiger partial charge in [-0.15, -0.1) is 0 Å². The molecule has 1 N–H and O–H groups in total. The normalized spacial score (nSPS) is 10.7. The van der Waals surface area contributed by atoms with Crippen LogP contribution < -0.4 is 5.32 Å². The van der Waals surface area contributed by atoms with Crippen LogP contribution in [0.2, 0.25) is 0 Å². The molecule has 2 rings (SSSR count). The van der Waals surface area contributed by atoms with Gasteiger partial charge >= 0.3 is 0 Å². The van der Waals surface area contributed by atoms with Crippen LogP contribution >= 0.6 is 11.8 Å². The van der Waals surface area contributed by atoms with E-state index in [1.165, 1.54) is 6.07 Å². The summed E-state index contributed by atoms with van der Waals surface area (Å²) >= 11 is 1.12. The molecule has 0 saturated carbocycles. The number of anilines is 1. The molecule has 0 aliphatic rings. The van der Waals surface area contributed by atoms with Crippen LogP contribution in [0.25, 0.3) is 0 Å². The Labute approximate surface area is 127 Å². The number of hydrogen-bond acceptors (Lipinski definition) is 4. The quantitative estimate of drug-likeness (QED) is 0.840. The summed E-state index contributed by atoms with van der Waals surface area (Å²) < 4.78 is 27.0. The van der Waals surface area contributed by atoms with Crippen LogP contribution in [0.3, 0.4) is 0 Å². The van der Waals surface area contributed by atoms with Crippen molar-refractivity contribution in [3.05, 3.63) is 41.2 Å². The summed E-state index contributed by atoms with van der Waals surface area (Å²) in [6.45, 7) is 6.54. The van der Waals surface area contributed by atoms with Crippen molar-refractivity contribution in [2.24, 2.45) is 0 Å². The summed E-state index contributed by atoms with van der Waals surface area (Å²) in [6, 6.07) is 3.41. The van der Waals surface area contributed by atoms with Gasteiger partial charge in [0.2, 0.25) is 0 Å². The van der Waals surface area contributed by atoms with Gasteiger partial charge in [-0.1, -0.05) is 18.7 Å². The van der Waals surface area contributed by atoms with Gasteiger partial charge < -0.3 is 5.32 Å². The topological polar surface area (TPSA) is 37.8 Å². The Kier molecular flexibility index (Phi) is 5.12. The van der Waals surface area contributed by atoms with E-state index in [1.54, 1.807) is 0 Å². The highest BCUT2D eigenvalue weighted by atomic mass is 32.2. The lowest BCUT2D eigenvalue weighted by atomic mass is 10.3. The smallest absolute Gasteiger partial charge is 0.137 e. The minimum absolute atomic E-state index is 0.223. The zero-order valence-electron chi connectivity index (χ0n) is 12.2. The molecule has 6 heteroatoms. The maximum absolute atomic E-state index is 13.8. The zero-order valence-corrected chi connectivity index (χ0v) is 13.0. The van der Waals surface area contributed by atoms with E-state index < -0.39 is 11.6 Å². The van der Waals surface area contributed by atoms with E-state index in [1.807, 2.05) is 20.8 Å². The number of aromatic nitrogens is 2. The highest BCUT2D eigenvalue weighted by Gasteiger charge is 2.14. The summed E-state index contributed by atoms with van der Waals surface area (Å²) in [7, 11) is 0. The maximum atomic E-state index is 13.8. The zero-order chi connectivity index (χ0) is 15.4. The number of rotatable bonds is 5. The lowest BCUT2D eigenvalue weighted by molar-refractivity contribution is 0.577. The van der Waals surface area contributed by atoms with Gasteiger partial charge in [-0.25, -0.2) is 18.7 Å². The molecule has 0 fully saturated rings. The number of aryl methyl sites for hydroxylation is 1. The molecule has 0 aliphatic carbocycles. The first kappa shape index (κ1) is 15.7. The Morgan fingerprint density at radius 2 is 1.95 bits per heavy atom. The molecule has 0 atom stereocenters. The largest absolute Gasteiger partial charge is 0.370 e. The van der Waals surface area contributed by atoms with E-state index in [0.29, 0.717) is 17.3 Å². The van der Waals surface area contributed by atoms with Crippen molar-refractivity contribution in [2.75, 3.05) is 11.9 Å². The highest BCUT2D eigenvalue weighted by Crippen LogP contribution is 2.33. The van der Waals surface area contributed by atoms with Gasteiger partial charge in [-0.05, 0) is 32.0 Å². The molecule has 112 valence electrons. The fraction of sp³-hybridized carbons (Fsp3) is 0.333. The Bertz CT molecular complexity index is 647. The van der Waals surface area contributed by atoms with Crippen LogP contribution in [0, 0.1) is 18.6 Å². The Morgan fingerprint density at radius 1 is 1.19 bits per heavy atom. The third kappa shape index (κ3) is 3.69.